The summed E-state index contributed by atoms with van der Waals surface area (Å²) in [5.41, 5.74) is 5.64. The summed E-state index contributed by atoms with van der Waals surface area (Å²) >= 11 is 0. The van der Waals surface area contributed by atoms with E-state index >= 15 is 0 Å². The van der Waals surface area contributed by atoms with Gasteiger partial charge in [-0.05, 0) is 30.4 Å². The van der Waals surface area contributed by atoms with Crippen LogP contribution in [0.2, 0.25) is 0 Å². The van der Waals surface area contributed by atoms with E-state index < -0.39 is 0 Å². The summed E-state index contributed by atoms with van der Waals surface area (Å²) in [6, 6.07) is 20.6. The molecule has 0 aliphatic heterocycles. The van der Waals surface area contributed by atoms with E-state index in [9.17, 15) is 0 Å². The normalized spacial score (nSPS) is 9.92. The molecule has 0 fully saturated rings. The van der Waals surface area contributed by atoms with E-state index in [1.165, 1.54) is 71.6 Å². The molecule has 0 heterocycles. The zero-order valence-corrected chi connectivity index (χ0v) is 19.7. The average Bonchev–Trinajstić information content (AvgIpc) is 3.01. The largest absolute Gasteiger partial charge is 3.00 e. The van der Waals surface area contributed by atoms with Crippen LogP contribution >= 0.6 is 0 Å². The Morgan fingerprint density at radius 3 is 2.12 bits per heavy atom. The Kier molecular flexibility index (Phi) is 12.6. The minimum atomic E-state index is 0. The van der Waals surface area contributed by atoms with Gasteiger partial charge in [0.25, 0.3) is 0 Å². The Labute approximate surface area is 190 Å². The van der Waals surface area contributed by atoms with Crippen molar-refractivity contribution in [2.24, 2.45) is 0 Å². The van der Waals surface area contributed by atoms with Gasteiger partial charge in [0.05, 0.1) is 0 Å². The Bertz CT molecular complexity index is 759. The van der Waals surface area contributed by atoms with Crippen LogP contribution in [-0.4, -0.2) is 0 Å². The van der Waals surface area contributed by atoms with Crippen LogP contribution in [0.1, 0.15) is 50.7 Å². The average molecular weight is 466 g/mol. The van der Waals surface area contributed by atoms with Gasteiger partial charge in [0.1, 0.15) is 0 Å². The minimum Gasteiger partial charge on any atom is -1.00 e. The fourth-order valence-corrected chi connectivity index (χ4v) is 3.31. The number of unbranched alkanes of at least 4 members (excludes halogenated alkanes) is 2. The van der Waals surface area contributed by atoms with Crippen LogP contribution < -0.4 is 24.8 Å². The zero-order chi connectivity index (χ0) is 16.1. The molecule has 1 radical (unpaired) electrons. The molecule has 0 atom stereocenters. The Morgan fingerprint density at radius 1 is 0.808 bits per heavy atom. The van der Waals surface area contributed by atoms with Gasteiger partial charge in [-0.25, -0.2) is 0 Å². The quantitative estimate of drug-likeness (QED) is 0.456. The van der Waals surface area contributed by atoms with Gasteiger partial charge < -0.3 is 24.8 Å². The van der Waals surface area contributed by atoms with E-state index in [0.717, 1.165) is 0 Å². The fourth-order valence-electron chi connectivity index (χ4n) is 3.31. The monoisotopic (exact) mass is 463 g/mol. The zero-order valence-electron chi connectivity index (χ0n) is 15.7. The van der Waals surface area contributed by atoms with Crippen LogP contribution in [0.15, 0.2) is 54.6 Å². The van der Waals surface area contributed by atoms with E-state index in [1.807, 2.05) is 0 Å². The third-order valence-corrected chi connectivity index (χ3v) is 4.71. The molecule has 0 saturated carbocycles. The van der Waals surface area contributed by atoms with Gasteiger partial charge in [0, 0.05) is 0 Å². The van der Waals surface area contributed by atoms with Crippen molar-refractivity contribution in [2.75, 3.05) is 0 Å². The Morgan fingerprint density at radius 2 is 1.46 bits per heavy atom. The van der Waals surface area contributed by atoms with Crippen LogP contribution in [0, 0.1) is 0 Å². The van der Waals surface area contributed by atoms with Gasteiger partial charge in [-0.2, -0.15) is 6.07 Å². The number of aryl methyl sites for hydroxylation is 2. The van der Waals surface area contributed by atoms with Crippen LogP contribution in [0.25, 0.3) is 21.9 Å². The maximum absolute atomic E-state index is 2.39. The second-order valence-electron chi connectivity index (χ2n) is 6.58. The SMILES string of the molecule is CCCCc1ccc(-c2cccc3[cH-]c(CCCC)cc23)cc1.[Cl-].[Cl-].[Zr+3]. The summed E-state index contributed by atoms with van der Waals surface area (Å²) in [6.45, 7) is 4.51. The van der Waals surface area contributed by atoms with Crippen molar-refractivity contribution in [2.45, 2.75) is 52.4 Å². The van der Waals surface area contributed by atoms with Crippen molar-refractivity contribution in [1.29, 1.82) is 0 Å². The molecular formula is C23H27Cl2Zr. The predicted octanol–water partition coefficient (Wildman–Crippen LogP) is 0.916. The maximum Gasteiger partial charge on any atom is 3.00 e. The molecule has 0 aliphatic rings. The first kappa shape index (κ1) is 25.5. The summed E-state index contributed by atoms with van der Waals surface area (Å²) in [5.74, 6) is 0. The summed E-state index contributed by atoms with van der Waals surface area (Å²) in [4.78, 5) is 0. The van der Waals surface area contributed by atoms with Gasteiger partial charge in [-0.1, -0.05) is 69.0 Å². The van der Waals surface area contributed by atoms with Crippen molar-refractivity contribution >= 4 is 10.8 Å². The molecule has 3 aromatic carbocycles. The summed E-state index contributed by atoms with van der Waals surface area (Å²) in [6.07, 6.45) is 7.46. The maximum atomic E-state index is 2.39. The fraction of sp³-hybridized carbons (Fsp3) is 0.348. The van der Waals surface area contributed by atoms with E-state index in [1.54, 1.807) is 0 Å². The topological polar surface area (TPSA) is 0 Å². The van der Waals surface area contributed by atoms with E-state index in [-0.39, 0.29) is 51.0 Å². The molecule has 0 spiro atoms. The number of halogens is 2. The minimum absolute atomic E-state index is 0. The molecule has 3 aromatic rings. The van der Waals surface area contributed by atoms with Gasteiger partial charge in [0.15, 0.2) is 0 Å². The van der Waals surface area contributed by atoms with E-state index in [4.69, 9.17) is 0 Å². The first-order valence-electron chi connectivity index (χ1n) is 9.09. The van der Waals surface area contributed by atoms with Crippen molar-refractivity contribution in [3.63, 3.8) is 0 Å². The Hall–Kier alpha value is -0.487. The second-order valence-corrected chi connectivity index (χ2v) is 6.58. The molecule has 0 aliphatic carbocycles. The van der Waals surface area contributed by atoms with Crippen molar-refractivity contribution in [3.05, 3.63) is 65.7 Å². The van der Waals surface area contributed by atoms with Crippen molar-refractivity contribution in [1.82, 2.24) is 0 Å². The molecular weight excluding hydrogens is 438 g/mol. The molecule has 3 rings (SSSR count). The number of hydrogen-bond donors (Lipinski definition) is 0. The van der Waals surface area contributed by atoms with E-state index in [0.29, 0.717) is 0 Å². The Balaban J connectivity index is 0.00000208. The third kappa shape index (κ3) is 6.29. The van der Waals surface area contributed by atoms with Gasteiger partial charge >= 0.3 is 26.2 Å². The van der Waals surface area contributed by atoms with E-state index in [2.05, 4.69) is 68.4 Å². The van der Waals surface area contributed by atoms with Crippen LogP contribution in [-0.2, 0) is 39.0 Å². The van der Waals surface area contributed by atoms with Gasteiger partial charge in [0.2, 0.25) is 0 Å². The molecule has 0 bridgehead atoms. The summed E-state index contributed by atoms with van der Waals surface area (Å²) in [7, 11) is 0. The molecule has 0 amide bonds. The number of rotatable bonds is 7. The standard InChI is InChI=1S/C23H27.2ClH.Zr/c1-3-5-8-18-12-14-20(15-13-18)22-11-7-10-21-16-19(9-6-4-2)17-23(21)22;;;/h7,10-17H,3-6,8-9H2,1-2H3;2*1H;/q-1;;;+3/p-2. The number of hydrogen-bond acceptors (Lipinski definition) is 0. The second kappa shape index (κ2) is 12.8. The predicted molar refractivity (Wildman–Crippen MR) is 102 cm³/mol. The molecule has 0 unspecified atom stereocenters. The molecule has 0 saturated heterocycles. The molecule has 0 nitrogen and oxygen atoms in total. The van der Waals surface area contributed by atoms with Crippen molar-refractivity contribution in [3.8, 4) is 11.1 Å². The molecule has 26 heavy (non-hydrogen) atoms. The third-order valence-electron chi connectivity index (χ3n) is 4.71. The number of benzene rings is 2. The van der Waals surface area contributed by atoms with Crippen molar-refractivity contribution < 1.29 is 51.0 Å². The van der Waals surface area contributed by atoms with Crippen LogP contribution in [0.5, 0.6) is 0 Å². The van der Waals surface area contributed by atoms with Crippen LogP contribution in [0.4, 0.5) is 0 Å². The van der Waals surface area contributed by atoms with Crippen LogP contribution in [0.3, 0.4) is 0 Å². The molecule has 137 valence electrons. The summed E-state index contributed by atoms with van der Waals surface area (Å²) < 4.78 is 0. The van der Waals surface area contributed by atoms with Gasteiger partial charge in [-0.3, -0.25) is 0 Å². The first-order valence-corrected chi connectivity index (χ1v) is 9.09. The summed E-state index contributed by atoms with van der Waals surface area (Å²) in [5, 5.41) is 2.78. The first-order chi connectivity index (χ1) is 11.3. The number of fused-ring (bicyclic) bond motifs is 1. The molecule has 0 aromatic heterocycles. The van der Waals surface area contributed by atoms with Gasteiger partial charge in [-0.15, -0.1) is 34.5 Å². The smallest absolute Gasteiger partial charge is 1.00 e. The molecule has 0 N–H and O–H groups in total. The molecule has 3 heteroatoms.